The van der Waals surface area contributed by atoms with Crippen molar-refractivity contribution in [1.82, 2.24) is 0 Å². The van der Waals surface area contributed by atoms with Crippen molar-refractivity contribution >= 4 is 5.78 Å². The molecule has 11 atom stereocenters. The molecule has 16 heteroatoms. The zero-order chi connectivity index (χ0) is 32.0. The second kappa shape index (κ2) is 12.5. The van der Waals surface area contributed by atoms with Crippen LogP contribution >= 0.6 is 0 Å². The highest BCUT2D eigenvalue weighted by molar-refractivity contribution is 6.02. The molecule has 2 saturated heterocycles. The van der Waals surface area contributed by atoms with Gasteiger partial charge in [0.25, 0.3) is 0 Å². The molecule has 11 unspecified atom stereocenters. The number of carbonyl (C=O) groups excluding carboxylic acids is 1. The van der Waals surface area contributed by atoms with E-state index in [0.717, 1.165) is 12.1 Å². The van der Waals surface area contributed by atoms with Crippen LogP contribution in [0.5, 0.6) is 34.5 Å². The standard InChI is InChI=1S/C28H34O16/c1-9-21(33)23(35)25(37)27(41-9)40-8-19-22(34)24(36)26(38)28(44-19)42-10-3-14(31)20-15(32)7-16(43-18(20)4-10)11-5-13(30)17(39-2)6-12(11)29/h3-6,9,16,19,21-31,33-38H,7-8H2,1-2H3. The highest BCUT2D eigenvalue weighted by atomic mass is 16.7. The molecule has 2 aromatic rings. The molecule has 16 nitrogen and oxygen atoms in total. The Balaban J connectivity index is 1.32. The summed E-state index contributed by atoms with van der Waals surface area (Å²) in [6, 6.07) is 4.59. The predicted molar refractivity (Wildman–Crippen MR) is 142 cm³/mol. The second-order valence-electron chi connectivity index (χ2n) is 10.8. The molecule has 9 N–H and O–H groups in total. The van der Waals surface area contributed by atoms with Gasteiger partial charge in [-0.25, -0.2) is 0 Å². The van der Waals surface area contributed by atoms with Gasteiger partial charge in [-0.15, -0.1) is 0 Å². The van der Waals surface area contributed by atoms with Gasteiger partial charge in [0, 0.05) is 23.8 Å². The fraction of sp³-hybridized carbons (Fsp3) is 0.536. The molecular formula is C28H34O16. The summed E-state index contributed by atoms with van der Waals surface area (Å²) in [5, 5.41) is 92.7. The number of phenols is 3. The SMILES string of the molecule is COc1cc(O)c(C2CC(=O)c3c(O)cc(OC4OC(COC5OC(C)C(O)C(O)C5O)C(O)C(O)C4O)cc3O2)cc1O. The molecule has 2 fully saturated rings. The lowest BCUT2D eigenvalue weighted by Gasteiger charge is -2.42. The Morgan fingerprint density at radius 1 is 0.795 bits per heavy atom. The van der Waals surface area contributed by atoms with Gasteiger partial charge in [-0.1, -0.05) is 0 Å². The van der Waals surface area contributed by atoms with E-state index in [0.29, 0.717) is 0 Å². The normalized spacial score (nSPS) is 35.5. The average Bonchev–Trinajstić information content (AvgIpc) is 2.98. The Morgan fingerprint density at radius 2 is 1.48 bits per heavy atom. The smallest absolute Gasteiger partial charge is 0.229 e. The van der Waals surface area contributed by atoms with E-state index in [1.807, 2.05) is 0 Å². The molecule has 0 spiro atoms. The molecular weight excluding hydrogens is 592 g/mol. The summed E-state index contributed by atoms with van der Waals surface area (Å²) >= 11 is 0. The number of benzene rings is 2. The van der Waals surface area contributed by atoms with E-state index in [9.17, 15) is 50.8 Å². The van der Waals surface area contributed by atoms with E-state index < -0.39 is 85.7 Å². The Morgan fingerprint density at radius 3 is 2.18 bits per heavy atom. The number of Topliss-reactive ketones (excluding diaryl/α,β-unsaturated/α-hetero) is 1. The number of aromatic hydroxyl groups is 3. The van der Waals surface area contributed by atoms with Crippen molar-refractivity contribution in [3.05, 3.63) is 35.4 Å². The maximum Gasteiger partial charge on any atom is 0.229 e. The summed E-state index contributed by atoms with van der Waals surface area (Å²) < 4.78 is 32.9. The van der Waals surface area contributed by atoms with Crippen LogP contribution in [-0.2, 0) is 14.2 Å². The minimum Gasteiger partial charge on any atom is -0.507 e. The number of rotatable bonds is 7. The van der Waals surface area contributed by atoms with Crippen LogP contribution in [0.4, 0.5) is 0 Å². The molecule has 0 amide bonds. The Kier molecular flexibility index (Phi) is 9.08. The van der Waals surface area contributed by atoms with Gasteiger partial charge >= 0.3 is 0 Å². The van der Waals surface area contributed by atoms with E-state index >= 15 is 0 Å². The molecule has 0 aliphatic carbocycles. The minimum atomic E-state index is -1.80. The topological polar surface area (TPSA) is 255 Å². The van der Waals surface area contributed by atoms with Crippen molar-refractivity contribution in [1.29, 1.82) is 0 Å². The van der Waals surface area contributed by atoms with Gasteiger partial charge in [-0.2, -0.15) is 0 Å². The third kappa shape index (κ3) is 5.95. The van der Waals surface area contributed by atoms with Crippen LogP contribution in [0.1, 0.15) is 35.4 Å². The van der Waals surface area contributed by atoms with E-state index in [4.69, 9.17) is 28.4 Å². The summed E-state index contributed by atoms with van der Waals surface area (Å²) in [7, 11) is 1.30. The van der Waals surface area contributed by atoms with Gasteiger partial charge in [0.15, 0.2) is 23.6 Å². The second-order valence-corrected chi connectivity index (χ2v) is 10.8. The molecule has 0 radical (unpaired) electrons. The maximum absolute atomic E-state index is 12.9. The van der Waals surface area contributed by atoms with E-state index in [1.165, 1.54) is 26.2 Å². The Hall–Kier alpha value is -3.45. The van der Waals surface area contributed by atoms with Crippen LogP contribution in [0.25, 0.3) is 0 Å². The Bertz CT molecular complexity index is 1370. The van der Waals surface area contributed by atoms with Crippen molar-refractivity contribution in [3.8, 4) is 34.5 Å². The van der Waals surface area contributed by atoms with E-state index in [2.05, 4.69) is 0 Å². The molecule has 0 bridgehead atoms. The summed E-state index contributed by atoms with van der Waals surface area (Å²) in [4.78, 5) is 12.9. The first-order chi connectivity index (χ1) is 20.8. The largest absolute Gasteiger partial charge is 0.507 e. The number of hydrogen-bond donors (Lipinski definition) is 9. The summed E-state index contributed by atoms with van der Waals surface area (Å²) in [5.41, 5.74) is -0.104. The van der Waals surface area contributed by atoms with E-state index in [-0.39, 0.29) is 46.3 Å². The number of aliphatic hydroxyl groups excluding tert-OH is 6. The van der Waals surface area contributed by atoms with Gasteiger partial charge in [0.2, 0.25) is 6.29 Å². The van der Waals surface area contributed by atoms with Gasteiger partial charge in [0.1, 0.15) is 77.4 Å². The number of phenolic OH excluding ortho intramolecular Hbond substituents is 3. The molecule has 0 saturated carbocycles. The number of ether oxygens (including phenoxy) is 6. The zero-order valence-corrected chi connectivity index (χ0v) is 23.5. The number of carbonyl (C=O) groups is 1. The zero-order valence-electron chi connectivity index (χ0n) is 23.5. The molecule has 3 aliphatic rings. The lowest BCUT2D eigenvalue weighted by atomic mass is 9.94. The summed E-state index contributed by atoms with van der Waals surface area (Å²) in [6.07, 6.45) is -16.6. The number of hydrogen-bond acceptors (Lipinski definition) is 16. The third-order valence-corrected chi connectivity index (χ3v) is 7.80. The molecule has 0 aromatic heterocycles. The highest BCUT2D eigenvalue weighted by Gasteiger charge is 2.47. The average molecular weight is 627 g/mol. The van der Waals surface area contributed by atoms with Crippen LogP contribution in [0, 0.1) is 0 Å². The van der Waals surface area contributed by atoms with Gasteiger partial charge in [-0.3, -0.25) is 4.79 Å². The van der Waals surface area contributed by atoms with E-state index in [1.54, 1.807) is 0 Å². The fourth-order valence-electron chi connectivity index (χ4n) is 5.28. The molecule has 3 heterocycles. The molecule has 44 heavy (non-hydrogen) atoms. The number of ketones is 1. The van der Waals surface area contributed by atoms with Gasteiger partial charge < -0.3 is 74.4 Å². The van der Waals surface area contributed by atoms with Crippen molar-refractivity contribution < 1.29 is 79.2 Å². The lowest BCUT2D eigenvalue weighted by molar-refractivity contribution is -0.318. The Labute approximate surface area is 249 Å². The molecule has 242 valence electrons. The van der Waals surface area contributed by atoms with Crippen LogP contribution < -0.4 is 14.2 Å². The molecule has 3 aliphatic heterocycles. The van der Waals surface area contributed by atoms with Crippen LogP contribution in [0.3, 0.4) is 0 Å². The lowest BCUT2D eigenvalue weighted by Crippen LogP contribution is -2.61. The van der Waals surface area contributed by atoms with Gasteiger partial charge in [-0.05, 0) is 13.0 Å². The highest BCUT2D eigenvalue weighted by Crippen LogP contribution is 2.45. The monoisotopic (exact) mass is 626 g/mol. The summed E-state index contributed by atoms with van der Waals surface area (Å²) in [5.74, 6) is -2.04. The van der Waals surface area contributed by atoms with Crippen LogP contribution in [0.2, 0.25) is 0 Å². The van der Waals surface area contributed by atoms with Crippen LogP contribution in [-0.4, -0.2) is 127 Å². The van der Waals surface area contributed by atoms with Crippen molar-refractivity contribution in [3.63, 3.8) is 0 Å². The first-order valence-corrected chi connectivity index (χ1v) is 13.6. The van der Waals surface area contributed by atoms with Gasteiger partial charge in [0.05, 0.1) is 26.2 Å². The molecule has 5 rings (SSSR count). The number of fused-ring (bicyclic) bond motifs is 1. The third-order valence-electron chi connectivity index (χ3n) is 7.80. The first kappa shape index (κ1) is 32.0. The fourth-order valence-corrected chi connectivity index (χ4v) is 5.28. The number of aliphatic hydroxyl groups is 6. The van der Waals surface area contributed by atoms with Crippen molar-refractivity contribution in [2.75, 3.05) is 13.7 Å². The number of methoxy groups -OCH3 is 1. The van der Waals surface area contributed by atoms with Crippen molar-refractivity contribution in [2.45, 2.75) is 80.9 Å². The first-order valence-electron chi connectivity index (χ1n) is 13.6. The van der Waals surface area contributed by atoms with Crippen LogP contribution in [0.15, 0.2) is 24.3 Å². The summed E-state index contributed by atoms with van der Waals surface area (Å²) in [6.45, 7) is 0.929. The minimum absolute atomic E-state index is 0.00226. The predicted octanol–water partition coefficient (Wildman–Crippen LogP) is -1.45. The molecule has 2 aromatic carbocycles. The maximum atomic E-state index is 12.9. The quantitative estimate of drug-likeness (QED) is 0.159. The van der Waals surface area contributed by atoms with Crippen molar-refractivity contribution in [2.24, 2.45) is 0 Å².